The smallest absolute Gasteiger partial charge is 0.303 e. The van der Waals surface area contributed by atoms with Gasteiger partial charge in [0.25, 0.3) is 0 Å². The zero-order chi connectivity index (χ0) is 18.0. The number of amides is 1. The lowest BCUT2D eigenvalue weighted by atomic mass is 9.84. The second kappa shape index (κ2) is 6.68. The molecule has 6 nitrogen and oxygen atoms in total. The van der Waals surface area contributed by atoms with Crippen LogP contribution in [0, 0.1) is 0 Å². The van der Waals surface area contributed by atoms with Gasteiger partial charge >= 0.3 is 5.97 Å². The summed E-state index contributed by atoms with van der Waals surface area (Å²) in [7, 11) is 0. The topological polar surface area (TPSA) is 101 Å². The number of rotatable bonds is 5. The van der Waals surface area contributed by atoms with Gasteiger partial charge in [0.15, 0.2) is 11.6 Å². The van der Waals surface area contributed by atoms with Crippen LogP contribution in [0.1, 0.15) is 51.1 Å². The van der Waals surface area contributed by atoms with Gasteiger partial charge in [0.05, 0.1) is 0 Å². The molecule has 0 aliphatic heterocycles. The molecule has 0 saturated heterocycles. The highest BCUT2D eigenvalue weighted by Crippen LogP contribution is 2.29. The fourth-order valence-electron chi connectivity index (χ4n) is 2.80. The highest BCUT2D eigenvalue weighted by Gasteiger charge is 2.29. The standard InChI is InChI=1S/C19H15NO5/c21-16(6-3-7-17(22)23)20-11-8-9-14-15(10-11)19(25)13-5-2-1-4-12(13)18(14)24/h1-2,4-5,8-10H,3,6-7H2,(H,20,21)(H,22,23). The molecule has 0 radical (unpaired) electrons. The Bertz CT molecular complexity index is 900. The van der Waals surface area contributed by atoms with Crippen LogP contribution < -0.4 is 5.32 Å². The summed E-state index contributed by atoms with van der Waals surface area (Å²) in [6.07, 6.45) is 0.220. The maximum atomic E-state index is 12.6. The predicted octanol–water partition coefficient (Wildman–Crippen LogP) is 2.66. The highest BCUT2D eigenvalue weighted by molar-refractivity contribution is 6.28. The molecule has 0 unspecified atom stereocenters. The van der Waals surface area contributed by atoms with Crippen LogP contribution in [0.25, 0.3) is 0 Å². The molecule has 6 heteroatoms. The summed E-state index contributed by atoms with van der Waals surface area (Å²) < 4.78 is 0. The number of nitrogens with one attached hydrogen (secondary N) is 1. The lowest BCUT2D eigenvalue weighted by Crippen LogP contribution is -2.21. The minimum absolute atomic E-state index is 0.0685. The molecule has 2 aromatic carbocycles. The molecule has 0 heterocycles. The van der Waals surface area contributed by atoms with E-state index in [4.69, 9.17) is 5.11 Å². The SMILES string of the molecule is O=C(O)CCCC(=O)Nc1ccc2c(c1)C(=O)c1ccccc1C2=O. The number of fused-ring (bicyclic) bond motifs is 2. The summed E-state index contributed by atoms with van der Waals surface area (Å²) in [5.41, 5.74) is 1.70. The predicted molar refractivity (Wildman–Crippen MR) is 89.9 cm³/mol. The highest BCUT2D eigenvalue weighted by atomic mass is 16.4. The third-order valence-corrected chi connectivity index (χ3v) is 4.00. The van der Waals surface area contributed by atoms with Crippen molar-refractivity contribution in [2.45, 2.75) is 19.3 Å². The molecular formula is C19H15NO5. The average molecular weight is 337 g/mol. The number of benzene rings is 2. The van der Waals surface area contributed by atoms with Crippen LogP contribution in [0.2, 0.25) is 0 Å². The third kappa shape index (κ3) is 3.33. The van der Waals surface area contributed by atoms with Crippen molar-refractivity contribution in [2.75, 3.05) is 5.32 Å². The Balaban J connectivity index is 1.80. The van der Waals surface area contributed by atoms with Gasteiger partial charge in [-0.2, -0.15) is 0 Å². The second-order valence-corrected chi connectivity index (χ2v) is 5.76. The van der Waals surface area contributed by atoms with Crippen molar-refractivity contribution < 1.29 is 24.3 Å². The molecular weight excluding hydrogens is 322 g/mol. The van der Waals surface area contributed by atoms with Crippen LogP contribution >= 0.6 is 0 Å². The van der Waals surface area contributed by atoms with Crippen LogP contribution in [0.5, 0.6) is 0 Å². The monoisotopic (exact) mass is 337 g/mol. The van der Waals surface area contributed by atoms with Crippen LogP contribution in [-0.4, -0.2) is 28.5 Å². The molecule has 0 saturated carbocycles. The van der Waals surface area contributed by atoms with E-state index in [0.717, 1.165) is 0 Å². The second-order valence-electron chi connectivity index (χ2n) is 5.76. The lowest BCUT2D eigenvalue weighted by Gasteiger charge is -2.18. The fourth-order valence-corrected chi connectivity index (χ4v) is 2.80. The summed E-state index contributed by atoms with van der Waals surface area (Å²) in [5, 5.41) is 11.2. The van der Waals surface area contributed by atoms with Crippen LogP contribution in [0.4, 0.5) is 5.69 Å². The number of aliphatic carboxylic acids is 1. The molecule has 0 fully saturated rings. The Morgan fingerprint density at radius 3 is 2.08 bits per heavy atom. The molecule has 0 spiro atoms. The van der Waals surface area contributed by atoms with E-state index in [1.54, 1.807) is 30.3 Å². The molecule has 1 aliphatic carbocycles. The fraction of sp³-hybridized carbons (Fsp3) is 0.158. The molecule has 3 rings (SSSR count). The summed E-state index contributed by atoms with van der Waals surface area (Å²) in [4.78, 5) is 47.4. The van der Waals surface area contributed by atoms with Crippen LogP contribution in [0.15, 0.2) is 42.5 Å². The Kier molecular flexibility index (Phi) is 4.43. The third-order valence-electron chi connectivity index (χ3n) is 4.00. The average Bonchev–Trinajstić information content (AvgIpc) is 2.59. The summed E-state index contributed by atoms with van der Waals surface area (Å²) >= 11 is 0. The first-order valence-electron chi connectivity index (χ1n) is 7.81. The van der Waals surface area contributed by atoms with Crippen molar-refractivity contribution in [3.8, 4) is 0 Å². The number of anilines is 1. The van der Waals surface area contributed by atoms with Crippen molar-refractivity contribution in [2.24, 2.45) is 0 Å². The van der Waals surface area contributed by atoms with Gasteiger partial charge in [-0.15, -0.1) is 0 Å². The maximum Gasteiger partial charge on any atom is 0.303 e. The minimum atomic E-state index is -0.954. The largest absolute Gasteiger partial charge is 0.481 e. The van der Waals surface area contributed by atoms with Gasteiger partial charge in [-0.3, -0.25) is 19.2 Å². The summed E-state index contributed by atoms with van der Waals surface area (Å²) in [6, 6.07) is 11.2. The number of carboxylic acids is 1. The summed E-state index contributed by atoms with van der Waals surface area (Å²) in [5.74, 6) is -1.77. The molecule has 1 amide bonds. The lowest BCUT2D eigenvalue weighted by molar-refractivity contribution is -0.137. The number of carbonyl (C=O) groups is 4. The molecule has 25 heavy (non-hydrogen) atoms. The van der Waals surface area contributed by atoms with E-state index in [2.05, 4.69) is 5.32 Å². The first kappa shape index (κ1) is 16.6. The molecule has 0 aromatic heterocycles. The van der Waals surface area contributed by atoms with Gasteiger partial charge in [-0.1, -0.05) is 24.3 Å². The van der Waals surface area contributed by atoms with E-state index in [9.17, 15) is 19.2 Å². The van der Waals surface area contributed by atoms with Crippen molar-refractivity contribution in [1.29, 1.82) is 0 Å². The maximum absolute atomic E-state index is 12.6. The minimum Gasteiger partial charge on any atom is -0.481 e. The van der Waals surface area contributed by atoms with Crippen molar-refractivity contribution in [3.05, 3.63) is 64.7 Å². The van der Waals surface area contributed by atoms with E-state index in [0.29, 0.717) is 22.4 Å². The van der Waals surface area contributed by atoms with Crippen molar-refractivity contribution in [1.82, 2.24) is 0 Å². The number of hydrogen-bond donors (Lipinski definition) is 2. The molecule has 0 bridgehead atoms. The molecule has 1 aliphatic rings. The number of carbonyl (C=O) groups excluding carboxylic acids is 3. The van der Waals surface area contributed by atoms with E-state index < -0.39 is 5.97 Å². The molecule has 126 valence electrons. The van der Waals surface area contributed by atoms with Crippen LogP contribution in [0.3, 0.4) is 0 Å². The van der Waals surface area contributed by atoms with Crippen molar-refractivity contribution >= 4 is 29.1 Å². The van der Waals surface area contributed by atoms with Gasteiger partial charge < -0.3 is 10.4 Å². The van der Waals surface area contributed by atoms with Gasteiger partial charge in [-0.05, 0) is 24.6 Å². The Labute approximate surface area is 143 Å². The van der Waals surface area contributed by atoms with E-state index >= 15 is 0 Å². The number of ketones is 2. The zero-order valence-corrected chi connectivity index (χ0v) is 13.2. The van der Waals surface area contributed by atoms with Crippen LogP contribution in [-0.2, 0) is 9.59 Å². The van der Waals surface area contributed by atoms with Gasteiger partial charge in [0.2, 0.25) is 5.91 Å². The number of hydrogen-bond acceptors (Lipinski definition) is 4. The Hall–Kier alpha value is -3.28. The first-order valence-corrected chi connectivity index (χ1v) is 7.81. The van der Waals surface area contributed by atoms with E-state index in [-0.39, 0.29) is 42.3 Å². The van der Waals surface area contributed by atoms with Crippen molar-refractivity contribution in [3.63, 3.8) is 0 Å². The normalized spacial score (nSPS) is 12.3. The molecule has 2 N–H and O–H groups in total. The first-order chi connectivity index (χ1) is 12.0. The number of carboxylic acid groups (broad SMARTS) is 1. The Morgan fingerprint density at radius 2 is 1.44 bits per heavy atom. The molecule has 2 aromatic rings. The Morgan fingerprint density at radius 1 is 0.840 bits per heavy atom. The zero-order valence-electron chi connectivity index (χ0n) is 13.2. The molecule has 0 atom stereocenters. The van der Waals surface area contributed by atoms with Gasteiger partial charge in [0, 0.05) is 40.8 Å². The van der Waals surface area contributed by atoms with E-state index in [1.165, 1.54) is 12.1 Å². The van der Waals surface area contributed by atoms with E-state index in [1.807, 2.05) is 0 Å². The summed E-state index contributed by atoms with van der Waals surface area (Å²) in [6.45, 7) is 0. The van der Waals surface area contributed by atoms with Gasteiger partial charge in [-0.25, -0.2) is 0 Å². The van der Waals surface area contributed by atoms with Gasteiger partial charge in [0.1, 0.15) is 0 Å². The quantitative estimate of drug-likeness (QED) is 0.745.